The number of rotatable bonds is 5. The summed E-state index contributed by atoms with van der Waals surface area (Å²) in [5.74, 6) is -0.259. The number of Topliss-reactive ketones (excluding diaryl/α,β-unsaturated/α-hetero) is 1. The highest BCUT2D eigenvalue weighted by molar-refractivity contribution is 6.14. The molecular formula is C18H19N3O. The Morgan fingerprint density at radius 3 is 2.50 bits per heavy atom. The molecule has 0 fully saturated rings. The molecule has 0 unspecified atom stereocenters. The van der Waals surface area contributed by atoms with Crippen molar-refractivity contribution in [1.29, 1.82) is 5.26 Å². The van der Waals surface area contributed by atoms with Crippen molar-refractivity contribution < 1.29 is 4.79 Å². The van der Waals surface area contributed by atoms with Crippen LogP contribution in [0.4, 0.5) is 0 Å². The Bertz CT molecular complexity index is 726. The molecular weight excluding hydrogens is 274 g/mol. The number of carbonyl (C=O) groups excluding carboxylic acids is 1. The van der Waals surface area contributed by atoms with Crippen LogP contribution in [0.2, 0.25) is 0 Å². The van der Waals surface area contributed by atoms with Gasteiger partial charge in [0.15, 0.2) is 0 Å². The fourth-order valence-electron chi connectivity index (χ4n) is 2.33. The number of benzene rings is 1. The quantitative estimate of drug-likeness (QED) is 0.518. The molecule has 0 atom stereocenters. The van der Waals surface area contributed by atoms with Gasteiger partial charge in [0.05, 0.1) is 5.69 Å². The third-order valence-corrected chi connectivity index (χ3v) is 3.59. The van der Waals surface area contributed by atoms with Crippen LogP contribution >= 0.6 is 0 Å². The van der Waals surface area contributed by atoms with Gasteiger partial charge in [0.2, 0.25) is 5.78 Å². The van der Waals surface area contributed by atoms with E-state index < -0.39 is 0 Å². The molecule has 112 valence electrons. The van der Waals surface area contributed by atoms with Crippen LogP contribution < -0.4 is 0 Å². The summed E-state index contributed by atoms with van der Waals surface area (Å²) in [5, 5.41) is 16.2. The maximum Gasteiger partial charge on any atom is 0.203 e. The zero-order valence-corrected chi connectivity index (χ0v) is 13.1. The molecule has 4 nitrogen and oxygen atoms in total. The number of hydrogen-bond donors (Lipinski definition) is 1. The molecule has 1 N–H and O–H groups in total. The fourth-order valence-corrected chi connectivity index (χ4v) is 2.33. The minimum Gasteiger partial charge on any atom is -0.288 e. The second kappa shape index (κ2) is 6.86. The summed E-state index contributed by atoms with van der Waals surface area (Å²) in [6.07, 6.45) is 3.66. The molecule has 0 spiro atoms. The Morgan fingerprint density at radius 1 is 1.32 bits per heavy atom. The van der Waals surface area contributed by atoms with Gasteiger partial charge in [0.25, 0.3) is 0 Å². The van der Waals surface area contributed by atoms with E-state index in [-0.39, 0.29) is 11.4 Å². The van der Waals surface area contributed by atoms with Crippen LogP contribution in [-0.4, -0.2) is 16.0 Å². The summed E-state index contributed by atoms with van der Waals surface area (Å²) >= 11 is 0. The number of nitriles is 1. The Kier molecular flexibility index (Phi) is 4.90. The number of aryl methyl sites for hydroxylation is 3. The van der Waals surface area contributed by atoms with Crippen LogP contribution in [0.5, 0.6) is 0 Å². The summed E-state index contributed by atoms with van der Waals surface area (Å²) in [5.41, 5.74) is 4.27. The normalized spacial score (nSPS) is 11.3. The van der Waals surface area contributed by atoms with Crippen LogP contribution in [0.15, 0.2) is 29.8 Å². The average molecular weight is 293 g/mol. The molecule has 0 radical (unpaired) electrons. The number of allylic oxidation sites excluding steroid dienone is 1. The number of carbonyl (C=O) groups is 1. The van der Waals surface area contributed by atoms with Gasteiger partial charge in [0, 0.05) is 16.8 Å². The SMILES string of the molecule is CCCc1ccc(C(=O)C(C#N)=Cc2c(C)n[nH]c2C)cc1. The highest BCUT2D eigenvalue weighted by atomic mass is 16.1. The van der Waals surface area contributed by atoms with Crippen molar-refractivity contribution in [3.05, 3.63) is 57.9 Å². The Morgan fingerprint density at radius 2 is 2.00 bits per heavy atom. The molecule has 4 heteroatoms. The highest BCUT2D eigenvalue weighted by Crippen LogP contribution is 2.17. The van der Waals surface area contributed by atoms with Gasteiger partial charge in [-0.05, 0) is 31.9 Å². The van der Waals surface area contributed by atoms with E-state index in [2.05, 4.69) is 17.1 Å². The second-order valence-corrected chi connectivity index (χ2v) is 5.29. The number of aromatic amines is 1. The third kappa shape index (κ3) is 3.32. The molecule has 2 aromatic rings. The maximum atomic E-state index is 12.5. The van der Waals surface area contributed by atoms with E-state index >= 15 is 0 Å². The number of H-pyrrole nitrogens is 1. The Hall–Kier alpha value is -2.67. The molecule has 0 aliphatic rings. The predicted octanol–water partition coefficient (Wildman–Crippen LogP) is 3.77. The molecule has 0 saturated heterocycles. The van der Waals surface area contributed by atoms with Crippen molar-refractivity contribution in [2.24, 2.45) is 0 Å². The van der Waals surface area contributed by atoms with E-state index in [4.69, 9.17) is 0 Å². The van der Waals surface area contributed by atoms with Crippen LogP contribution in [0, 0.1) is 25.2 Å². The molecule has 0 aliphatic heterocycles. The zero-order valence-electron chi connectivity index (χ0n) is 13.1. The van der Waals surface area contributed by atoms with E-state index in [0.29, 0.717) is 5.56 Å². The van der Waals surface area contributed by atoms with Gasteiger partial charge in [-0.15, -0.1) is 0 Å². The van der Waals surface area contributed by atoms with Crippen LogP contribution in [0.25, 0.3) is 6.08 Å². The molecule has 1 aromatic heterocycles. The first-order valence-electron chi connectivity index (χ1n) is 7.33. The van der Waals surface area contributed by atoms with Gasteiger partial charge >= 0.3 is 0 Å². The van der Waals surface area contributed by atoms with Crippen molar-refractivity contribution >= 4 is 11.9 Å². The predicted molar refractivity (Wildman–Crippen MR) is 86.4 cm³/mol. The first-order valence-corrected chi connectivity index (χ1v) is 7.33. The number of ketones is 1. The van der Waals surface area contributed by atoms with Crippen molar-refractivity contribution in [3.63, 3.8) is 0 Å². The second-order valence-electron chi connectivity index (χ2n) is 5.29. The fraction of sp³-hybridized carbons (Fsp3) is 0.278. The number of hydrogen-bond acceptors (Lipinski definition) is 3. The van der Waals surface area contributed by atoms with Crippen molar-refractivity contribution in [3.8, 4) is 6.07 Å². The van der Waals surface area contributed by atoms with Crippen molar-refractivity contribution in [1.82, 2.24) is 10.2 Å². The molecule has 0 amide bonds. The molecule has 0 saturated carbocycles. The number of aromatic nitrogens is 2. The molecule has 2 rings (SSSR count). The first kappa shape index (κ1) is 15.7. The summed E-state index contributed by atoms with van der Waals surface area (Å²) in [6.45, 7) is 5.82. The number of nitrogens with zero attached hydrogens (tertiary/aromatic N) is 2. The van der Waals surface area contributed by atoms with Gasteiger partial charge in [-0.2, -0.15) is 10.4 Å². The van der Waals surface area contributed by atoms with E-state index in [9.17, 15) is 10.1 Å². The van der Waals surface area contributed by atoms with Gasteiger partial charge < -0.3 is 0 Å². The Balaban J connectivity index is 2.31. The van der Waals surface area contributed by atoms with E-state index in [1.807, 2.05) is 32.0 Å². The van der Waals surface area contributed by atoms with E-state index in [1.165, 1.54) is 5.56 Å². The maximum absolute atomic E-state index is 12.5. The smallest absolute Gasteiger partial charge is 0.203 e. The topological polar surface area (TPSA) is 69.5 Å². The molecule has 0 bridgehead atoms. The van der Waals surface area contributed by atoms with Crippen LogP contribution in [0.1, 0.15) is 46.2 Å². The molecule has 0 aliphatic carbocycles. The van der Waals surface area contributed by atoms with Gasteiger partial charge in [-0.3, -0.25) is 9.89 Å². The first-order chi connectivity index (χ1) is 10.6. The standard InChI is InChI=1S/C18H19N3O/c1-4-5-14-6-8-15(9-7-14)18(22)16(11-19)10-17-12(2)20-21-13(17)3/h6-10H,4-5H2,1-3H3,(H,20,21). The lowest BCUT2D eigenvalue weighted by Crippen LogP contribution is -2.02. The van der Waals surface area contributed by atoms with E-state index in [0.717, 1.165) is 29.8 Å². The third-order valence-electron chi connectivity index (χ3n) is 3.59. The van der Waals surface area contributed by atoms with Crippen molar-refractivity contribution in [2.45, 2.75) is 33.6 Å². The highest BCUT2D eigenvalue weighted by Gasteiger charge is 2.14. The minimum atomic E-state index is -0.259. The Labute approximate surface area is 130 Å². The minimum absolute atomic E-state index is 0.121. The van der Waals surface area contributed by atoms with Gasteiger partial charge in [0.1, 0.15) is 11.6 Å². The zero-order chi connectivity index (χ0) is 16.1. The number of nitrogens with one attached hydrogen (secondary N) is 1. The van der Waals surface area contributed by atoms with Crippen molar-refractivity contribution in [2.75, 3.05) is 0 Å². The average Bonchev–Trinajstić information content (AvgIpc) is 2.84. The lowest BCUT2D eigenvalue weighted by atomic mass is 9.99. The molecule has 22 heavy (non-hydrogen) atoms. The summed E-state index contributed by atoms with van der Waals surface area (Å²) in [4.78, 5) is 12.5. The lowest BCUT2D eigenvalue weighted by molar-refractivity contribution is 0.104. The van der Waals surface area contributed by atoms with Gasteiger partial charge in [-0.1, -0.05) is 37.6 Å². The summed E-state index contributed by atoms with van der Waals surface area (Å²) < 4.78 is 0. The van der Waals surface area contributed by atoms with E-state index in [1.54, 1.807) is 18.2 Å². The summed E-state index contributed by atoms with van der Waals surface area (Å²) in [7, 11) is 0. The monoisotopic (exact) mass is 293 g/mol. The lowest BCUT2D eigenvalue weighted by Gasteiger charge is -2.02. The molecule has 1 aromatic carbocycles. The summed E-state index contributed by atoms with van der Waals surface area (Å²) in [6, 6.07) is 9.46. The molecule has 1 heterocycles. The van der Waals surface area contributed by atoms with Crippen LogP contribution in [-0.2, 0) is 6.42 Å². The van der Waals surface area contributed by atoms with Gasteiger partial charge in [-0.25, -0.2) is 0 Å². The largest absolute Gasteiger partial charge is 0.288 e. The van der Waals surface area contributed by atoms with Crippen LogP contribution in [0.3, 0.4) is 0 Å².